The second-order valence-electron chi connectivity index (χ2n) is 7.01. The molecule has 1 fully saturated rings. The van der Waals surface area contributed by atoms with Crippen LogP contribution in [-0.2, 0) is 4.84 Å². The largest absolute Gasteiger partial charge is 0.437 e. The van der Waals surface area contributed by atoms with Crippen LogP contribution in [0.2, 0.25) is 0 Å². The number of amides is 1. The van der Waals surface area contributed by atoms with Crippen LogP contribution in [-0.4, -0.2) is 21.7 Å². The van der Waals surface area contributed by atoms with Crippen molar-refractivity contribution < 1.29 is 19.5 Å². The highest BCUT2D eigenvalue weighted by Gasteiger charge is 2.31. The van der Waals surface area contributed by atoms with Crippen LogP contribution in [0, 0.1) is 27.2 Å². The Morgan fingerprint density at radius 2 is 1.83 bits per heavy atom. The van der Waals surface area contributed by atoms with Gasteiger partial charge in [0.05, 0.1) is 21.6 Å². The van der Waals surface area contributed by atoms with Crippen molar-refractivity contribution >= 4 is 28.9 Å². The van der Waals surface area contributed by atoms with Crippen molar-refractivity contribution in [1.82, 2.24) is 0 Å². The molecule has 10 nitrogen and oxygen atoms in total. The number of aryl methyl sites for hydroxylation is 1. The summed E-state index contributed by atoms with van der Waals surface area (Å²) in [7, 11) is 0. The lowest BCUT2D eigenvalue weighted by Crippen LogP contribution is -2.20. The van der Waals surface area contributed by atoms with E-state index >= 15 is 0 Å². The fourth-order valence-electron chi connectivity index (χ4n) is 3.42. The number of nitro groups is 2. The molecule has 2 aromatic carbocycles. The zero-order valence-corrected chi connectivity index (χ0v) is 16.2. The van der Waals surface area contributed by atoms with E-state index in [4.69, 9.17) is 4.84 Å². The van der Waals surface area contributed by atoms with Crippen LogP contribution in [0.1, 0.15) is 42.7 Å². The van der Waals surface area contributed by atoms with Crippen LogP contribution in [0.25, 0.3) is 0 Å². The summed E-state index contributed by atoms with van der Waals surface area (Å²) in [6, 6.07) is 10.7. The van der Waals surface area contributed by atoms with Crippen molar-refractivity contribution in [3.05, 3.63) is 73.8 Å². The van der Waals surface area contributed by atoms with Crippen LogP contribution >= 0.6 is 0 Å². The number of hydrogen-bond acceptors (Lipinski definition) is 7. The monoisotopic (exact) mass is 412 g/mol. The van der Waals surface area contributed by atoms with Gasteiger partial charge in [0.1, 0.15) is 0 Å². The summed E-state index contributed by atoms with van der Waals surface area (Å²) in [6.45, 7) is 1.93. The SMILES string of the molecule is Cc1ccc(NC(=O)O/N=C2/CCCC[C@@H]2c2ccc([N+](=O)[O-])cc2[N+](=O)[O-])cc1. The molecule has 0 aromatic heterocycles. The maximum absolute atomic E-state index is 12.1. The fourth-order valence-corrected chi connectivity index (χ4v) is 3.42. The summed E-state index contributed by atoms with van der Waals surface area (Å²) in [5.74, 6) is -0.452. The van der Waals surface area contributed by atoms with Crippen LogP contribution in [0.5, 0.6) is 0 Å². The van der Waals surface area contributed by atoms with Gasteiger partial charge in [-0.05, 0) is 44.4 Å². The van der Waals surface area contributed by atoms with Gasteiger partial charge in [-0.15, -0.1) is 0 Å². The highest BCUT2D eigenvalue weighted by atomic mass is 16.7. The van der Waals surface area contributed by atoms with Gasteiger partial charge in [-0.2, -0.15) is 0 Å². The van der Waals surface area contributed by atoms with Crippen LogP contribution in [0.4, 0.5) is 21.9 Å². The molecule has 0 aliphatic heterocycles. The van der Waals surface area contributed by atoms with Crippen molar-refractivity contribution in [3.8, 4) is 0 Å². The van der Waals surface area contributed by atoms with E-state index in [9.17, 15) is 25.0 Å². The lowest BCUT2D eigenvalue weighted by Gasteiger charge is -2.23. The Bertz CT molecular complexity index is 1000. The molecular formula is C20H20N4O6. The molecule has 0 heterocycles. The molecule has 10 heteroatoms. The standard InChI is InChI=1S/C20H20N4O6/c1-13-6-8-14(9-7-13)21-20(25)30-22-18-5-3-2-4-16(18)17-11-10-15(23(26)27)12-19(17)24(28)29/h6-12,16H,2-5H2,1H3,(H,21,25)/b22-18-/t16-/m1/s1. The predicted octanol–water partition coefficient (Wildman–Crippen LogP) is 5.07. The molecule has 1 amide bonds. The molecule has 0 unspecified atom stereocenters. The first-order valence-corrected chi connectivity index (χ1v) is 9.39. The number of oxime groups is 1. The zero-order chi connectivity index (χ0) is 21.7. The van der Waals surface area contributed by atoms with Gasteiger partial charge in [-0.1, -0.05) is 29.3 Å². The number of non-ortho nitro benzene ring substituents is 1. The quantitative estimate of drug-likeness (QED) is 0.413. The molecule has 0 radical (unpaired) electrons. The molecule has 1 atom stereocenters. The average molecular weight is 412 g/mol. The molecule has 156 valence electrons. The van der Waals surface area contributed by atoms with E-state index in [1.807, 2.05) is 19.1 Å². The second kappa shape index (κ2) is 9.12. The van der Waals surface area contributed by atoms with Gasteiger partial charge in [0.2, 0.25) is 0 Å². The summed E-state index contributed by atoms with van der Waals surface area (Å²) in [4.78, 5) is 38.2. The maximum atomic E-state index is 12.1. The van der Waals surface area contributed by atoms with Gasteiger partial charge in [0.15, 0.2) is 0 Å². The van der Waals surface area contributed by atoms with E-state index < -0.39 is 21.9 Å². The third-order valence-electron chi connectivity index (χ3n) is 4.92. The maximum Gasteiger partial charge on any atom is 0.437 e. The molecule has 1 saturated carbocycles. The average Bonchev–Trinajstić information content (AvgIpc) is 2.73. The number of carbonyl (C=O) groups is 1. The van der Waals surface area contributed by atoms with E-state index in [1.165, 1.54) is 12.1 Å². The number of nitrogens with one attached hydrogen (secondary N) is 1. The smallest absolute Gasteiger partial charge is 0.298 e. The number of benzene rings is 2. The summed E-state index contributed by atoms with van der Waals surface area (Å²) in [6.07, 6.45) is 1.93. The van der Waals surface area contributed by atoms with E-state index in [0.29, 0.717) is 29.8 Å². The summed E-state index contributed by atoms with van der Waals surface area (Å²) < 4.78 is 0. The van der Waals surface area contributed by atoms with E-state index in [1.54, 1.807) is 12.1 Å². The first kappa shape index (κ1) is 20.9. The molecule has 0 spiro atoms. The fraction of sp³-hybridized carbons (Fsp3) is 0.300. The Labute approximate surface area is 171 Å². The molecule has 1 N–H and O–H groups in total. The molecule has 0 saturated heterocycles. The van der Waals surface area contributed by atoms with Crippen LogP contribution < -0.4 is 5.32 Å². The first-order chi connectivity index (χ1) is 14.3. The summed E-state index contributed by atoms with van der Waals surface area (Å²) in [5.41, 5.74) is 1.73. The molecule has 2 aromatic rings. The minimum atomic E-state index is -0.770. The number of nitro benzene ring substituents is 2. The highest BCUT2D eigenvalue weighted by molar-refractivity contribution is 5.93. The van der Waals surface area contributed by atoms with Crippen molar-refractivity contribution in [2.24, 2.45) is 5.16 Å². The summed E-state index contributed by atoms with van der Waals surface area (Å²) >= 11 is 0. The predicted molar refractivity (Wildman–Crippen MR) is 110 cm³/mol. The number of anilines is 1. The number of rotatable bonds is 5. The van der Waals surface area contributed by atoms with Gasteiger partial charge in [0.25, 0.3) is 11.4 Å². The van der Waals surface area contributed by atoms with E-state index in [2.05, 4.69) is 10.5 Å². The minimum absolute atomic E-state index is 0.326. The van der Waals surface area contributed by atoms with Crippen LogP contribution in [0.3, 0.4) is 0 Å². The molecule has 0 bridgehead atoms. The van der Waals surface area contributed by atoms with Crippen molar-refractivity contribution in [3.63, 3.8) is 0 Å². The van der Waals surface area contributed by atoms with Gasteiger partial charge >= 0.3 is 6.09 Å². The van der Waals surface area contributed by atoms with E-state index in [0.717, 1.165) is 24.5 Å². The molecule has 1 aliphatic rings. The lowest BCUT2D eigenvalue weighted by molar-refractivity contribution is -0.394. The van der Waals surface area contributed by atoms with Crippen molar-refractivity contribution in [2.75, 3.05) is 5.32 Å². The number of hydrogen-bond donors (Lipinski definition) is 1. The van der Waals surface area contributed by atoms with Gasteiger partial charge < -0.3 is 0 Å². The Morgan fingerprint density at radius 1 is 1.10 bits per heavy atom. The number of carbonyl (C=O) groups excluding carboxylic acids is 1. The molecule has 1 aliphatic carbocycles. The van der Waals surface area contributed by atoms with Gasteiger partial charge in [0, 0.05) is 23.2 Å². The third kappa shape index (κ3) is 4.96. The minimum Gasteiger partial charge on any atom is -0.298 e. The van der Waals surface area contributed by atoms with Gasteiger partial charge in [-0.25, -0.2) is 4.79 Å². The molecular weight excluding hydrogens is 392 g/mol. The van der Waals surface area contributed by atoms with Crippen molar-refractivity contribution in [1.29, 1.82) is 0 Å². The zero-order valence-electron chi connectivity index (χ0n) is 16.2. The number of nitrogens with zero attached hydrogens (tertiary/aromatic N) is 3. The Balaban J connectivity index is 1.80. The summed E-state index contributed by atoms with van der Waals surface area (Å²) in [5, 5.41) is 29.0. The lowest BCUT2D eigenvalue weighted by atomic mass is 9.81. The Morgan fingerprint density at radius 3 is 2.50 bits per heavy atom. The molecule has 30 heavy (non-hydrogen) atoms. The Kier molecular flexibility index (Phi) is 6.35. The topological polar surface area (TPSA) is 137 Å². The first-order valence-electron chi connectivity index (χ1n) is 9.39. The third-order valence-corrected chi connectivity index (χ3v) is 4.92. The molecule has 3 rings (SSSR count). The normalized spacial score (nSPS) is 17.4. The second-order valence-corrected chi connectivity index (χ2v) is 7.01. The van der Waals surface area contributed by atoms with Crippen molar-refractivity contribution in [2.45, 2.75) is 38.5 Å². The Hall–Kier alpha value is -3.82. The van der Waals surface area contributed by atoms with E-state index in [-0.39, 0.29) is 11.4 Å². The van der Waals surface area contributed by atoms with Crippen LogP contribution in [0.15, 0.2) is 47.6 Å². The highest BCUT2D eigenvalue weighted by Crippen LogP contribution is 2.37. The van der Waals surface area contributed by atoms with Gasteiger partial charge in [-0.3, -0.25) is 30.4 Å².